The van der Waals surface area contributed by atoms with Crippen LogP contribution in [0.2, 0.25) is 5.15 Å². The van der Waals surface area contributed by atoms with Gasteiger partial charge in [0.05, 0.1) is 11.7 Å². The van der Waals surface area contributed by atoms with Gasteiger partial charge < -0.3 is 4.90 Å². The Morgan fingerprint density at radius 1 is 1.05 bits per heavy atom. The van der Waals surface area contributed by atoms with Gasteiger partial charge >= 0.3 is 0 Å². The molecule has 6 heteroatoms. The number of piperazine rings is 1. The second kappa shape index (κ2) is 7.20. The quantitative estimate of drug-likeness (QED) is 0.847. The zero-order valence-corrected chi connectivity index (χ0v) is 13.5. The summed E-state index contributed by atoms with van der Waals surface area (Å²) in [5, 5.41) is 0.539. The van der Waals surface area contributed by atoms with Crippen LogP contribution in [0.15, 0.2) is 30.3 Å². The minimum absolute atomic E-state index is 0.539. The number of nitrogens with zero attached hydrogens (tertiary/aromatic N) is 4. The van der Waals surface area contributed by atoms with Crippen molar-refractivity contribution < 1.29 is 0 Å². The summed E-state index contributed by atoms with van der Waals surface area (Å²) in [6.07, 6.45) is 2.37. The van der Waals surface area contributed by atoms with Crippen LogP contribution < -0.4 is 4.90 Å². The third-order valence-electron chi connectivity index (χ3n) is 3.89. The van der Waals surface area contributed by atoms with E-state index < -0.39 is 0 Å². The van der Waals surface area contributed by atoms with Gasteiger partial charge in [-0.3, -0.25) is 4.90 Å². The number of hydrogen-bond donors (Lipinski definition) is 0. The topological polar surface area (TPSA) is 32.3 Å². The highest BCUT2D eigenvalue weighted by Gasteiger charge is 2.20. The van der Waals surface area contributed by atoms with Gasteiger partial charge in [-0.1, -0.05) is 41.9 Å². The summed E-state index contributed by atoms with van der Waals surface area (Å²) in [6, 6.07) is 10.7. The molecule has 0 atom stereocenters. The van der Waals surface area contributed by atoms with Crippen molar-refractivity contribution >= 4 is 29.1 Å². The number of aryl methyl sites for hydroxylation is 1. The fraction of sp³-hybridized carbons (Fsp3) is 0.467. The normalized spacial score (nSPS) is 16.3. The molecule has 1 fully saturated rings. The Morgan fingerprint density at radius 3 is 2.48 bits per heavy atom. The monoisotopic (exact) mass is 322 g/mol. The van der Waals surface area contributed by atoms with Gasteiger partial charge in [-0.2, -0.15) is 8.75 Å². The summed E-state index contributed by atoms with van der Waals surface area (Å²) in [5.41, 5.74) is 1.43. The number of anilines is 1. The number of rotatable bonds is 5. The SMILES string of the molecule is Clc1nsnc1N1CCN(CCCc2ccccc2)CC1. The molecule has 1 aliphatic heterocycles. The van der Waals surface area contributed by atoms with E-state index in [1.165, 1.54) is 23.7 Å². The summed E-state index contributed by atoms with van der Waals surface area (Å²) in [4.78, 5) is 4.76. The van der Waals surface area contributed by atoms with E-state index in [2.05, 4.69) is 48.9 Å². The maximum Gasteiger partial charge on any atom is 0.187 e. The van der Waals surface area contributed by atoms with Crippen LogP contribution >= 0.6 is 23.3 Å². The van der Waals surface area contributed by atoms with E-state index >= 15 is 0 Å². The molecule has 1 saturated heterocycles. The molecule has 1 aliphatic rings. The summed E-state index contributed by atoms with van der Waals surface area (Å²) in [7, 11) is 0. The van der Waals surface area contributed by atoms with E-state index in [0.717, 1.165) is 45.0 Å². The average Bonchev–Trinajstić information content (AvgIpc) is 2.95. The molecule has 0 radical (unpaired) electrons. The molecule has 0 amide bonds. The molecule has 2 aromatic rings. The van der Waals surface area contributed by atoms with Crippen molar-refractivity contribution in [2.75, 3.05) is 37.6 Å². The molecule has 0 N–H and O–H groups in total. The van der Waals surface area contributed by atoms with Gasteiger partial charge in [0.2, 0.25) is 0 Å². The molecular formula is C15H19ClN4S. The summed E-state index contributed by atoms with van der Waals surface area (Å²) < 4.78 is 8.31. The molecule has 1 aromatic heterocycles. The molecule has 0 saturated carbocycles. The van der Waals surface area contributed by atoms with Crippen LogP contribution in [0.25, 0.3) is 0 Å². The maximum atomic E-state index is 6.04. The van der Waals surface area contributed by atoms with E-state index in [-0.39, 0.29) is 0 Å². The second-order valence-corrected chi connectivity index (χ2v) is 6.18. The van der Waals surface area contributed by atoms with Crippen molar-refractivity contribution in [3.8, 4) is 0 Å². The van der Waals surface area contributed by atoms with Crippen LogP contribution in [0.5, 0.6) is 0 Å². The molecular weight excluding hydrogens is 304 g/mol. The first kappa shape index (κ1) is 14.8. The molecule has 21 heavy (non-hydrogen) atoms. The van der Waals surface area contributed by atoms with Gasteiger partial charge in [0, 0.05) is 26.2 Å². The number of aromatic nitrogens is 2. The van der Waals surface area contributed by atoms with E-state index in [1.807, 2.05) is 0 Å². The Labute approximate surface area is 134 Å². The zero-order valence-electron chi connectivity index (χ0n) is 11.9. The fourth-order valence-electron chi connectivity index (χ4n) is 2.70. The lowest BCUT2D eigenvalue weighted by molar-refractivity contribution is 0.254. The lowest BCUT2D eigenvalue weighted by atomic mass is 10.1. The minimum Gasteiger partial charge on any atom is -0.351 e. The van der Waals surface area contributed by atoms with Crippen LogP contribution in [-0.2, 0) is 6.42 Å². The summed E-state index contributed by atoms with van der Waals surface area (Å²) >= 11 is 7.23. The highest BCUT2D eigenvalue weighted by atomic mass is 35.5. The van der Waals surface area contributed by atoms with Crippen molar-refractivity contribution in [2.24, 2.45) is 0 Å². The van der Waals surface area contributed by atoms with Crippen LogP contribution in [0.3, 0.4) is 0 Å². The molecule has 0 bridgehead atoms. The Balaban J connectivity index is 1.41. The average molecular weight is 323 g/mol. The Morgan fingerprint density at radius 2 is 1.81 bits per heavy atom. The van der Waals surface area contributed by atoms with Gasteiger partial charge in [-0.05, 0) is 24.9 Å². The van der Waals surface area contributed by atoms with E-state index in [1.54, 1.807) is 0 Å². The molecule has 0 unspecified atom stereocenters. The van der Waals surface area contributed by atoms with E-state index in [9.17, 15) is 0 Å². The van der Waals surface area contributed by atoms with Crippen molar-refractivity contribution in [3.05, 3.63) is 41.0 Å². The van der Waals surface area contributed by atoms with Crippen molar-refractivity contribution in [3.63, 3.8) is 0 Å². The second-order valence-electron chi connectivity index (χ2n) is 5.30. The first-order chi connectivity index (χ1) is 10.3. The summed E-state index contributed by atoms with van der Waals surface area (Å²) in [5.74, 6) is 0.852. The predicted molar refractivity (Wildman–Crippen MR) is 88.3 cm³/mol. The standard InChI is InChI=1S/C15H19ClN4S/c16-14-15(18-21-17-14)20-11-9-19(10-12-20)8-4-7-13-5-2-1-3-6-13/h1-3,5-6H,4,7-12H2. The highest BCUT2D eigenvalue weighted by Crippen LogP contribution is 2.23. The Kier molecular flexibility index (Phi) is 5.06. The third-order valence-corrected chi connectivity index (χ3v) is 4.76. The lowest BCUT2D eigenvalue weighted by Gasteiger charge is -2.34. The number of hydrogen-bond acceptors (Lipinski definition) is 5. The molecule has 1 aromatic carbocycles. The van der Waals surface area contributed by atoms with Crippen molar-refractivity contribution in [1.29, 1.82) is 0 Å². The molecule has 4 nitrogen and oxygen atoms in total. The zero-order chi connectivity index (χ0) is 14.5. The Bertz CT molecular complexity index is 552. The first-order valence-corrected chi connectivity index (χ1v) is 8.43. The fourth-order valence-corrected chi connectivity index (χ4v) is 3.47. The Hall–Kier alpha value is -1.17. The molecule has 3 rings (SSSR count). The van der Waals surface area contributed by atoms with Crippen LogP contribution in [0.4, 0.5) is 5.82 Å². The molecule has 0 aliphatic carbocycles. The largest absolute Gasteiger partial charge is 0.351 e. The molecule has 112 valence electrons. The van der Waals surface area contributed by atoms with Gasteiger partial charge in [0.25, 0.3) is 0 Å². The van der Waals surface area contributed by atoms with Gasteiger partial charge in [-0.25, -0.2) is 0 Å². The van der Waals surface area contributed by atoms with E-state index in [0.29, 0.717) is 5.15 Å². The summed E-state index contributed by atoms with van der Waals surface area (Å²) in [6.45, 7) is 5.27. The van der Waals surface area contributed by atoms with Crippen LogP contribution in [0, 0.1) is 0 Å². The van der Waals surface area contributed by atoms with Gasteiger partial charge in [0.15, 0.2) is 11.0 Å². The maximum absolute atomic E-state index is 6.04. The molecule has 0 spiro atoms. The lowest BCUT2D eigenvalue weighted by Crippen LogP contribution is -2.46. The minimum atomic E-state index is 0.539. The first-order valence-electron chi connectivity index (χ1n) is 7.32. The smallest absolute Gasteiger partial charge is 0.187 e. The van der Waals surface area contributed by atoms with Crippen molar-refractivity contribution in [1.82, 2.24) is 13.6 Å². The highest BCUT2D eigenvalue weighted by molar-refractivity contribution is 6.99. The van der Waals surface area contributed by atoms with Gasteiger partial charge in [-0.15, -0.1) is 0 Å². The van der Waals surface area contributed by atoms with E-state index in [4.69, 9.17) is 11.6 Å². The third kappa shape index (κ3) is 3.93. The molecule has 2 heterocycles. The number of halogens is 1. The number of benzene rings is 1. The van der Waals surface area contributed by atoms with Gasteiger partial charge in [0.1, 0.15) is 0 Å². The van der Waals surface area contributed by atoms with Crippen LogP contribution in [-0.4, -0.2) is 46.4 Å². The van der Waals surface area contributed by atoms with Crippen LogP contribution in [0.1, 0.15) is 12.0 Å². The van der Waals surface area contributed by atoms with Crippen molar-refractivity contribution in [2.45, 2.75) is 12.8 Å². The predicted octanol–water partition coefficient (Wildman–Crippen LogP) is 2.95.